The van der Waals surface area contributed by atoms with Crippen molar-refractivity contribution in [1.29, 1.82) is 0 Å². The Morgan fingerprint density at radius 1 is 1.11 bits per heavy atom. The van der Waals surface area contributed by atoms with Crippen LogP contribution in [-0.4, -0.2) is 41.2 Å². The lowest BCUT2D eigenvalue weighted by Gasteiger charge is -2.41. The monoisotopic (exact) mass is 606 g/mol. The van der Waals surface area contributed by atoms with Crippen molar-refractivity contribution in [3.8, 4) is 5.88 Å². The zero-order chi connectivity index (χ0) is 31.3. The molecule has 0 bridgehead atoms. The molecule has 1 atom stereocenters. The molecule has 0 saturated heterocycles. The van der Waals surface area contributed by atoms with Gasteiger partial charge >= 0.3 is 11.8 Å². The van der Waals surface area contributed by atoms with Gasteiger partial charge in [0.1, 0.15) is 11.9 Å². The first-order valence-corrected chi connectivity index (χ1v) is 14.9. The van der Waals surface area contributed by atoms with Crippen LogP contribution in [0.3, 0.4) is 0 Å². The highest BCUT2D eigenvalue weighted by Gasteiger charge is 2.45. The van der Waals surface area contributed by atoms with E-state index in [1.165, 1.54) is 20.1 Å². The summed E-state index contributed by atoms with van der Waals surface area (Å²) in [6.07, 6.45) is 2.57. The Bertz CT molecular complexity index is 1700. The first-order chi connectivity index (χ1) is 20.9. The number of rotatable bonds is 8. The van der Waals surface area contributed by atoms with E-state index < -0.39 is 29.7 Å². The average Bonchev–Trinajstić information content (AvgIpc) is 3.45. The first-order valence-electron chi connectivity index (χ1n) is 14.9. The lowest BCUT2D eigenvalue weighted by molar-refractivity contribution is -0.160. The van der Waals surface area contributed by atoms with Gasteiger partial charge in [-0.2, -0.15) is 0 Å². The number of ketones is 1. The van der Waals surface area contributed by atoms with Crippen molar-refractivity contribution in [2.24, 2.45) is 11.8 Å². The lowest BCUT2D eigenvalue weighted by Crippen LogP contribution is -2.50. The fraction of sp³-hybridized carbons (Fsp3) is 0.485. The van der Waals surface area contributed by atoms with Gasteiger partial charge in [-0.1, -0.05) is 19.9 Å². The lowest BCUT2D eigenvalue weighted by atomic mass is 9.73. The third-order valence-corrected chi connectivity index (χ3v) is 9.28. The predicted octanol–water partition coefficient (Wildman–Crippen LogP) is 4.31. The van der Waals surface area contributed by atoms with Crippen LogP contribution in [0.5, 0.6) is 5.88 Å². The van der Waals surface area contributed by atoms with Crippen molar-refractivity contribution in [3.63, 3.8) is 0 Å². The molecule has 1 fully saturated rings. The summed E-state index contributed by atoms with van der Waals surface area (Å²) in [4.78, 5) is 57.8. The molecule has 1 saturated carbocycles. The Kier molecular flexibility index (Phi) is 7.67. The number of carbonyl (C=O) groups is 3. The van der Waals surface area contributed by atoms with Gasteiger partial charge < -0.3 is 23.2 Å². The third-order valence-electron chi connectivity index (χ3n) is 9.28. The maximum atomic E-state index is 15.2. The van der Waals surface area contributed by atoms with Crippen molar-refractivity contribution in [2.75, 3.05) is 13.7 Å². The molecule has 2 aromatic heterocycles. The molecule has 232 valence electrons. The SMILES string of the molecule is COc1ccc2c(n1)CCN(C(=O)C1CC(C(=O)OCc3oc(=O)oc3C)C1)[C@H]2C(=O)Cc1cc(F)c2c(c1)CCC2(C)C. The average molecular weight is 607 g/mol. The molecule has 44 heavy (non-hydrogen) atoms. The molecule has 0 unspecified atom stereocenters. The van der Waals surface area contributed by atoms with E-state index >= 15 is 4.39 Å². The topological polar surface area (TPSA) is 129 Å². The Balaban J connectivity index is 1.18. The highest BCUT2D eigenvalue weighted by Crippen LogP contribution is 2.42. The normalized spacial score (nSPS) is 21.7. The molecule has 1 aliphatic heterocycles. The van der Waals surface area contributed by atoms with E-state index in [-0.39, 0.29) is 66.9 Å². The highest BCUT2D eigenvalue weighted by molar-refractivity contribution is 5.93. The standard InChI is InChI=1S/C33H35FN2O8/c1-17-26(44-32(40)43-17)16-42-31(39)21-14-20(15-21)30(38)36-10-8-24-22(5-6-27(35-24)41-4)29(36)25(37)13-18-11-19-7-9-33(2,3)28(19)23(34)12-18/h5-6,11-12,20-21,29H,7-10,13-16H2,1-4H3/t20?,21?,29-/m1/s1. The van der Waals surface area contributed by atoms with Gasteiger partial charge in [0.15, 0.2) is 23.9 Å². The summed E-state index contributed by atoms with van der Waals surface area (Å²) in [7, 11) is 1.52. The number of hydrogen-bond donors (Lipinski definition) is 0. The van der Waals surface area contributed by atoms with Gasteiger partial charge in [0.2, 0.25) is 11.8 Å². The van der Waals surface area contributed by atoms with Crippen molar-refractivity contribution in [2.45, 2.75) is 77.4 Å². The van der Waals surface area contributed by atoms with E-state index in [2.05, 4.69) is 4.98 Å². The number of Topliss-reactive ketones (excluding diaryl/α,β-unsaturated/α-hetero) is 1. The van der Waals surface area contributed by atoms with Crippen molar-refractivity contribution in [1.82, 2.24) is 9.88 Å². The zero-order valence-corrected chi connectivity index (χ0v) is 25.2. The maximum absolute atomic E-state index is 15.2. The molecule has 0 N–H and O–H groups in total. The van der Waals surface area contributed by atoms with E-state index in [0.29, 0.717) is 34.7 Å². The van der Waals surface area contributed by atoms with Crippen LogP contribution >= 0.6 is 0 Å². The summed E-state index contributed by atoms with van der Waals surface area (Å²) in [5.41, 5.74) is 3.29. The van der Waals surface area contributed by atoms with Crippen LogP contribution in [0.2, 0.25) is 0 Å². The summed E-state index contributed by atoms with van der Waals surface area (Å²) < 4.78 is 35.5. The Labute approximate surface area is 253 Å². The van der Waals surface area contributed by atoms with Crippen molar-refractivity contribution in [3.05, 3.63) is 80.2 Å². The zero-order valence-electron chi connectivity index (χ0n) is 25.2. The number of ether oxygens (including phenoxy) is 2. The summed E-state index contributed by atoms with van der Waals surface area (Å²) in [6, 6.07) is 5.92. The molecular formula is C33H35FN2O8. The summed E-state index contributed by atoms with van der Waals surface area (Å²) in [5, 5.41) is 0. The van der Waals surface area contributed by atoms with Crippen LogP contribution in [0.4, 0.5) is 4.39 Å². The largest absolute Gasteiger partial charge is 0.519 e. The molecule has 3 heterocycles. The number of carbonyl (C=O) groups excluding carboxylic acids is 3. The molecule has 0 spiro atoms. The number of hydrogen-bond acceptors (Lipinski definition) is 9. The van der Waals surface area contributed by atoms with E-state index in [9.17, 15) is 19.2 Å². The molecule has 3 aromatic rings. The van der Waals surface area contributed by atoms with Crippen LogP contribution in [0.15, 0.2) is 37.9 Å². The van der Waals surface area contributed by atoms with E-state index in [1.807, 2.05) is 19.9 Å². The number of aryl methyl sites for hydroxylation is 2. The number of methoxy groups -OCH3 is 1. The van der Waals surface area contributed by atoms with Gasteiger partial charge in [-0.15, -0.1) is 0 Å². The first kappa shape index (κ1) is 29.8. The number of nitrogens with zero attached hydrogens (tertiary/aromatic N) is 2. The molecule has 1 aromatic carbocycles. The molecule has 1 amide bonds. The summed E-state index contributed by atoms with van der Waals surface area (Å²) >= 11 is 0. The fourth-order valence-corrected chi connectivity index (χ4v) is 6.82. The highest BCUT2D eigenvalue weighted by atomic mass is 19.1. The maximum Gasteiger partial charge on any atom is 0.519 e. The fourth-order valence-electron chi connectivity index (χ4n) is 6.82. The minimum absolute atomic E-state index is 0.0340. The van der Waals surface area contributed by atoms with E-state index in [4.69, 9.17) is 18.3 Å². The van der Waals surface area contributed by atoms with Crippen LogP contribution in [-0.2, 0) is 50.4 Å². The van der Waals surface area contributed by atoms with Crippen molar-refractivity contribution >= 4 is 17.7 Å². The van der Waals surface area contributed by atoms with Gasteiger partial charge in [-0.3, -0.25) is 14.4 Å². The van der Waals surface area contributed by atoms with Gasteiger partial charge in [-0.25, -0.2) is 14.2 Å². The molecule has 3 aliphatic rings. The van der Waals surface area contributed by atoms with Gasteiger partial charge in [0.05, 0.1) is 18.7 Å². The third kappa shape index (κ3) is 5.44. The Hall–Kier alpha value is -4.28. The summed E-state index contributed by atoms with van der Waals surface area (Å²) in [6.45, 7) is 5.64. The molecule has 2 aliphatic carbocycles. The smallest absolute Gasteiger partial charge is 0.481 e. The minimum Gasteiger partial charge on any atom is -0.481 e. The second kappa shape index (κ2) is 11.3. The van der Waals surface area contributed by atoms with Crippen LogP contribution in [0, 0.1) is 24.6 Å². The van der Waals surface area contributed by atoms with Gasteiger partial charge in [0.25, 0.3) is 0 Å². The van der Waals surface area contributed by atoms with Crippen LogP contribution in [0.25, 0.3) is 0 Å². The Morgan fingerprint density at radius 2 is 1.89 bits per heavy atom. The minimum atomic E-state index is -0.893. The molecule has 10 nitrogen and oxygen atoms in total. The van der Waals surface area contributed by atoms with E-state index in [0.717, 1.165) is 18.4 Å². The molecular weight excluding hydrogens is 571 g/mol. The number of esters is 1. The number of halogens is 1. The molecule has 11 heteroatoms. The molecule has 6 rings (SSSR count). The van der Waals surface area contributed by atoms with Gasteiger partial charge in [-0.05, 0) is 66.8 Å². The number of benzene rings is 1. The van der Waals surface area contributed by atoms with Crippen molar-refractivity contribution < 1.29 is 37.1 Å². The molecule has 0 radical (unpaired) electrons. The van der Waals surface area contributed by atoms with Crippen LogP contribution in [0.1, 0.15) is 78.6 Å². The van der Waals surface area contributed by atoms with Gasteiger partial charge in [0, 0.05) is 36.9 Å². The predicted molar refractivity (Wildman–Crippen MR) is 153 cm³/mol. The number of amides is 1. The number of fused-ring (bicyclic) bond motifs is 2. The van der Waals surface area contributed by atoms with Crippen LogP contribution < -0.4 is 10.6 Å². The quantitative estimate of drug-likeness (QED) is 0.344. The second-order valence-electron chi connectivity index (χ2n) is 12.6. The number of pyridine rings is 1. The summed E-state index contributed by atoms with van der Waals surface area (Å²) in [5.74, 6) is -2.24. The Morgan fingerprint density at radius 3 is 2.59 bits per heavy atom. The number of aromatic nitrogens is 1. The second-order valence-corrected chi connectivity index (χ2v) is 12.6. The van der Waals surface area contributed by atoms with E-state index in [1.54, 1.807) is 17.0 Å².